The molecule has 0 spiro atoms. The molecule has 0 radical (unpaired) electrons. The molecule has 100 valence electrons. The van der Waals surface area contributed by atoms with Gasteiger partial charge < -0.3 is 4.90 Å². The number of hydrogen-bond donors (Lipinski definition) is 0. The maximum atomic E-state index is 8.86. The van der Waals surface area contributed by atoms with Gasteiger partial charge in [-0.25, -0.2) is 0 Å². The van der Waals surface area contributed by atoms with Gasteiger partial charge in [0.2, 0.25) is 0 Å². The molecule has 0 fully saturated rings. The van der Waals surface area contributed by atoms with Gasteiger partial charge >= 0.3 is 0 Å². The minimum absolute atomic E-state index is 0.556. The van der Waals surface area contributed by atoms with E-state index in [1.807, 2.05) is 12.1 Å². The van der Waals surface area contributed by atoms with E-state index in [-0.39, 0.29) is 0 Å². The number of fused-ring (bicyclic) bond motifs is 1. The molecule has 20 heavy (non-hydrogen) atoms. The summed E-state index contributed by atoms with van der Waals surface area (Å²) in [5.74, 6) is 0. The van der Waals surface area contributed by atoms with Crippen LogP contribution in [0, 0.1) is 11.3 Å². The maximum absolute atomic E-state index is 8.86. The SMILES string of the molecule is C[C@@H]1CCc2ccccc2N1Cc1ccc(C#N)cc1. The molecular formula is C18H18N2. The van der Waals surface area contributed by atoms with Crippen molar-refractivity contribution in [3.63, 3.8) is 0 Å². The van der Waals surface area contributed by atoms with E-state index in [9.17, 15) is 0 Å². The summed E-state index contributed by atoms with van der Waals surface area (Å²) in [6.07, 6.45) is 2.37. The Morgan fingerprint density at radius 2 is 1.90 bits per heavy atom. The zero-order valence-electron chi connectivity index (χ0n) is 11.7. The van der Waals surface area contributed by atoms with Crippen molar-refractivity contribution in [3.05, 3.63) is 65.2 Å². The summed E-state index contributed by atoms with van der Waals surface area (Å²) < 4.78 is 0. The van der Waals surface area contributed by atoms with E-state index in [2.05, 4.69) is 54.3 Å². The van der Waals surface area contributed by atoms with E-state index < -0.39 is 0 Å². The summed E-state index contributed by atoms with van der Waals surface area (Å²) in [7, 11) is 0. The first-order chi connectivity index (χ1) is 9.78. The first-order valence-electron chi connectivity index (χ1n) is 7.11. The molecule has 0 saturated heterocycles. The number of nitrogens with zero attached hydrogens (tertiary/aromatic N) is 2. The molecule has 0 aliphatic carbocycles. The Morgan fingerprint density at radius 1 is 1.15 bits per heavy atom. The highest BCUT2D eigenvalue weighted by Crippen LogP contribution is 2.31. The normalized spacial score (nSPS) is 17.4. The summed E-state index contributed by atoms with van der Waals surface area (Å²) in [5, 5.41) is 8.86. The number of para-hydroxylation sites is 1. The van der Waals surface area contributed by atoms with Gasteiger partial charge in [-0.3, -0.25) is 0 Å². The van der Waals surface area contributed by atoms with Crippen LogP contribution in [0.15, 0.2) is 48.5 Å². The van der Waals surface area contributed by atoms with Gasteiger partial charge in [0.05, 0.1) is 11.6 Å². The molecule has 0 unspecified atom stereocenters. The third-order valence-corrected chi connectivity index (χ3v) is 4.10. The zero-order valence-corrected chi connectivity index (χ0v) is 11.7. The van der Waals surface area contributed by atoms with Crippen LogP contribution in [0.5, 0.6) is 0 Å². The molecule has 0 N–H and O–H groups in total. The average molecular weight is 262 g/mol. The predicted octanol–water partition coefficient (Wildman–Crippen LogP) is 3.90. The number of hydrogen-bond acceptors (Lipinski definition) is 2. The first kappa shape index (κ1) is 12.7. The number of anilines is 1. The Bertz CT molecular complexity index is 637. The second kappa shape index (κ2) is 5.38. The van der Waals surface area contributed by atoms with Gasteiger partial charge in [0.25, 0.3) is 0 Å². The predicted molar refractivity (Wildman–Crippen MR) is 81.6 cm³/mol. The molecular weight excluding hydrogens is 244 g/mol. The van der Waals surface area contributed by atoms with Crippen molar-refractivity contribution in [1.29, 1.82) is 5.26 Å². The monoisotopic (exact) mass is 262 g/mol. The molecule has 0 amide bonds. The van der Waals surface area contributed by atoms with Crippen molar-refractivity contribution >= 4 is 5.69 Å². The highest BCUT2D eigenvalue weighted by atomic mass is 15.2. The molecule has 3 rings (SSSR count). The smallest absolute Gasteiger partial charge is 0.0991 e. The molecule has 2 aromatic carbocycles. The summed E-state index contributed by atoms with van der Waals surface area (Å²) in [4.78, 5) is 2.47. The minimum Gasteiger partial charge on any atom is -0.364 e. The highest BCUT2D eigenvalue weighted by molar-refractivity contribution is 5.56. The minimum atomic E-state index is 0.556. The van der Waals surface area contributed by atoms with Crippen LogP contribution in [0.25, 0.3) is 0 Å². The third-order valence-electron chi connectivity index (χ3n) is 4.10. The Balaban J connectivity index is 1.87. The standard InChI is InChI=1S/C18H18N2/c1-14-6-11-17-4-2-3-5-18(17)20(14)13-16-9-7-15(12-19)8-10-16/h2-5,7-10,14H,6,11,13H2,1H3/t14-/m1/s1. The summed E-state index contributed by atoms with van der Waals surface area (Å²) in [6.45, 7) is 3.20. The fourth-order valence-electron chi connectivity index (χ4n) is 2.88. The molecule has 1 heterocycles. The lowest BCUT2D eigenvalue weighted by atomic mass is 9.96. The van der Waals surface area contributed by atoms with Crippen LogP contribution in [-0.4, -0.2) is 6.04 Å². The molecule has 0 bridgehead atoms. The van der Waals surface area contributed by atoms with Crippen LogP contribution in [0.2, 0.25) is 0 Å². The molecule has 1 atom stereocenters. The van der Waals surface area contributed by atoms with Gasteiger partial charge in [0.1, 0.15) is 0 Å². The number of benzene rings is 2. The summed E-state index contributed by atoms with van der Waals surface area (Å²) >= 11 is 0. The Kier molecular flexibility index (Phi) is 3.43. The Morgan fingerprint density at radius 3 is 2.65 bits per heavy atom. The lowest BCUT2D eigenvalue weighted by Gasteiger charge is -2.37. The average Bonchev–Trinajstić information content (AvgIpc) is 2.51. The van der Waals surface area contributed by atoms with Gasteiger partial charge in [-0.05, 0) is 49.1 Å². The summed E-state index contributed by atoms with van der Waals surface area (Å²) in [6, 6.07) is 19.3. The third kappa shape index (κ3) is 2.40. The molecule has 0 saturated carbocycles. The lowest BCUT2D eigenvalue weighted by Crippen LogP contribution is -2.36. The van der Waals surface area contributed by atoms with E-state index in [0.717, 1.165) is 12.1 Å². The van der Waals surface area contributed by atoms with Crippen LogP contribution < -0.4 is 4.90 Å². The molecule has 1 aliphatic heterocycles. The Hall–Kier alpha value is -2.27. The molecule has 0 aromatic heterocycles. The molecule has 1 aliphatic rings. The van der Waals surface area contributed by atoms with Gasteiger partial charge in [0, 0.05) is 18.3 Å². The second-order valence-corrected chi connectivity index (χ2v) is 5.45. The van der Waals surface area contributed by atoms with Crippen molar-refractivity contribution in [1.82, 2.24) is 0 Å². The summed E-state index contributed by atoms with van der Waals surface area (Å²) in [5.41, 5.74) is 4.78. The van der Waals surface area contributed by atoms with Crippen LogP contribution >= 0.6 is 0 Å². The van der Waals surface area contributed by atoms with E-state index in [0.29, 0.717) is 6.04 Å². The Labute approximate surface area is 120 Å². The van der Waals surface area contributed by atoms with Crippen molar-refractivity contribution in [2.24, 2.45) is 0 Å². The topological polar surface area (TPSA) is 27.0 Å². The fourth-order valence-corrected chi connectivity index (χ4v) is 2.88. The lowest BCUT2D eigenvalue weighted by molar-refractivity contribution is 0.560. The van der Waals surface area contributed by atoms with Crippen molar-refractivity contribution in [2.75, 3.05) is 4.90 Å². The second-order valence-electron chi connectivity index (χ2n) is 5.45. The van der Waals surface area contributed by atoms with Gasteiger partial charge in [-0.15, -0.1) is 0 Å². The van der Waals surface area contributed by atoms with Crippen molar-refractivity contribution in [2.45, 2.75) is 32.4 Å². The number of rotatable bonds is 2. The van der Waals surface area contributed by atoms with E-state index in [4.69, 9.17) is 5.26 Å². The number of aryl methyl sites for hydroxylation is 1. The fraction of sp³-hybridized carbons (Fsp3) is 0.278. The first-order valence-corrected chi connectivity index (χ1v) is 7.11. The van der Waals surface area contributed by atoms with Gasteiger partial charge in [0.15, 0.2) is 0 Å². The quantitative estimate of drug-likeness (QED) is 0.820. The zero-order chi connectivity index (χ0) is 13.9. The molecule has 2 aromatic rings. The highest BCUT2D eigenvalue weighted by Gasteiger charge is 2.22. The van der Waals surface area contributed by atoms with Gasteiger partial charge in [-0.2, -0.15) is 5.26 Å². The van der Waals surface area contributed by atoms with Gasteiger partial charge in [-0.1, -0.05) is 30.3 Å². The largest absolute Gasteiger partial charge is 0.364 e. The van der Waals surface area contributed by atoms with Crippen LogP contribution in [0.3, 0.4) is 0 Å². The van der Waals surface area contributed by atoms with Crippen LogP contribution in [0.1, 0.15) is 30.0 Å². The van der Waals surface area contributed by atoms with Crippen LogP contribution in [0.4, 0.5) is 5.69 Å². The molecule has 2 heteroatoms. The van der Waals surface area contributed by atoms with E-state index >= 15 is 0 Å². The van der Waals surface area contributed by atoms with Crippen molar-refractivity contribution < 1.29 is 0 Å². The van der Waals surface area contributed by atoms with Crippen LogP contribution in [-0.2, 0) is 13.0 Å². The molecule has 2 nitrogen and oxygen atoms in total. The number of nitriles is 1. The van der Waals surface area contributed by atoms with Crippen molar-refractivity contribution in [3.8, 4) is 6.07 Å². The van der Waals surface area contributed by atoms with E-state index in [1.54, 1.807) is 0 Å². The van der Waals surface area contributed by atoms with E-state index in [1.165, 1.54) is 29.7 Å². The maximum Gasteiger partial charge on any atom is 0.0991 e.